The van der Waals surface area contributed by atoms with E-state index in [4.69, 9.17) is 35.4 Å². The molecule has 0 saturated heterocycles. The van der Waals surface area contributed by atoms with Crippen molar-refractivity contribution in [1.82, 2.24) is 0 Å². The van der Waals surface area contributed by atoms with Crippen LogP contribution in [0.15, 0.2) is 0 Å². The standard InChI is InChI=1S/C16H22O14.C2H6O2/c1-2-8(30-12(22)6-16(28,14(25)26)4-10(19)20)7-29-11(21)5-15(27,13(23)24)3-9(17)18;3-1-2-4/h8,27-28H,2-7H2,1H3,(H,17,18)(H,19,20)(H,23,24)(H,25,26);3-4H,1-2H2. The summed E-state index contributed by atoms with van der Waals surface area (Å²) < 4.78 is 9.47. The van der Waals surface area contributed by atoms with Crippen molar-refractivity contribution in [2.24, 2.45) is 0 Å². The third-order valence-electron chi connectivity index (χ3n) is 3.84. The molecule has 3 atom stereocenters. The Bertz CT molecular complexity index is 731. The van der Waals surface area contributed by atoms with Crippen molar-refractivity contribution in [1.29, 1.82) is 0 Å². The van der Waals surface area contributed by atoms with Crippen LogP contribution in [0.3, 0.4) is 0 Å². The van der Waals surface area contributed by atoms with Crippen molar-refractivity contribution in [3.05, 3.63) is 0 Å². The van der Waals surface area contributed by atoms with Gasteiger partial charge in [0.1, 0.15) is 12.7 Å². The lowest BCUT2D eigenvalue weighted by atomic mass is 9.96. The molecule has 8 N–H and O–H groups in total. The minimum absolute atomic E-state index is 0.0156. The fourth-order valence-corrected chi connectivity index (χ4v) is 2.11. The molecule has 0 aromatic rings. The molecular weight excluding hydrogens is 472 g/mol. The van der Waals surface area contributed by atoms with Crippen LogP contribution in [0, 0.1) is 0 Å². The largest absolute Gasteiger partial charge is 0.481 e. The topological polar surface area (TPSA) is 283 Å². The van der Waals surface area contributed by atoms with Crippen molar-refractivity contribution in [3.63, 3.8) is 0 Å². The number of aliphatic hydroxyl groups excluding tert-OH is 2. The molecule has 0 radical (unpaired) electrons. The number of carbonyl (C=O) groups is 6. The van der Waals surface area contributed by atoms with Crippen LogP contribution in [-0.4, -0.2) is 114 Å². The highest BCUT2D eigenvalue weighted by Crippen LogP contribution is 2.19. The van der Waals surface area contributed by atoms with Gasteiger partial charge >= 0.3 is 35.8 Å². The smallest absolute Gasteiger partial charge is 0.336 e. The van der Waals surface area contributed by atoms with Crippen LogP contribution in [0.5, 0.6) is 0 Å². The van der Waals surface area contributed by atoms with E-state index >= 15 is 0 Å². The molecule has 0 bridgehead atoms. The van der Waals surface area contributed by atoms with Gasteiger partial charge in [0, 0.05) is 0 Å². The lowest BCUT2D eigenvalue weighted by Gasteiger charge is -2.23. The lowest BCUT2D eigenvalue weighted by molar-refractivity contribution is -0.177. The first-order valence-electron chi connectivity index (χ1n) is 9.48. The molecule has 0 amide bonds. The Morgan fingerprint density at radius 2 is 1.09 bits per heavy atom. The Morgan fingerprint density at radius 3 is 1.38 bits per heavy atom. The number of carboxylic acid groups (broad SMARTS) is 4. The maximum atomic E-state index is 11.8. The molecule has 0 aromatic heterocycles. The van der Waals surface area contributed by atoms with Gasteiger partial charge in [-0.3, -0.25) is 19.2 Å². The molecule has 0 saturated carbocycles. The average Bonchev–Trinajstić information content (AvgIpc) is 2.69. The van der Waals surface area contributed by atoms with Gasteiger partial charge in [-0.2, -0.15) is 0 Å². The number of carboxylic acids is 4. The fourth-order valence-electron chi connectivity index (χ4n) is 2.11. The van der Waals surface area contributed by atoms with Gasteiger partial charge in [0.2, 0.25) is 0 Å². The van der Waals surface area contributed by atoms with E-state index in [9.17, 15) is 39.0 Å². The third-order valence-corrected chi connectivity index (χ3v) is 3.84. The Labute approximate surface area is 191 Å². The normalized spacial score (nSPS) is 14.7. The van der Waals surface area contributed by atoms with Gasteiger partial charge in [-0.15, -0.1) is 0 Å². The molecule has 0 fully saturated rings. The number of carbonyl (C=O) groups excluding carboxylic acids is 2. The first-order valence-corrected chi connectivity index (χ1v) is 9.48. The first kappa shape index (κ1) is 32.8. The maximum absolute atomic E-state index is 11.8. The summed E-state index contributed by atoms with van der Waals surface area (Å²) in [4.78, 5) is 66.9. The van der Waals surface area contributed by atoms with E-state index in [2.05, 4.69) is 4.74 Å². The van der Waals surface area contributed by atoms with Crippen molar-refractivity contribution >= 4 is 35.8 Å². The molecule has 0 aliphatic heterocycles. The van der Waals surface area contributed by atoms with Crippen molar-refractivity contribution in [2.75, 3.05) is 19.8 Å². The summed E-state index contributed by atoms with van der Waals surface area (Å²) in [5.41, 5.74) is -5.84. The van der Waals surface area contributed by atoms with Gasteiger partial charge in [-0.25, -0.2) is 9.59 Å². The highest BCUT2D eigenvalue weighted by atomic mass is 16.6. The van der Waals surface area contributed by atoms with Crippen LogP contribution in [0.1, 0.15) is 39.0 Å². The number of esters is 2. The van der Waals surface area contributed by atoms with Gasteiger partial charge < -0.3 is 50.3 Å². The van der Waals surface area contributed by atoms with Gasteiger partial charge in [-0.1, -0.05) is 6.92 Å². The quantitative estimate of drug-likeness (QED) is 0.105. The molecule has 0 aliphatic carbocycles. The van der Waals surface area contributed by atoms with Gasteiger partial charge in [0.15, 0.2) is 11.2 Å². The van der Waals surface area contributed by atoms with Crippen LogP contribution in [0.2, 0.25) is 0 Å². The Kier molecular flexibility index (Phi) is 15.0. The van der Waals surface area contributed by atoms with E-state index in [1.54, 1.807) is 0 Å². The van der Waals surface area contributed by atoms with Crippen LogP contribution >= 0.6 is 0 Å². The van der Waals surface area contributed by atoms with Crippen molar-refractivity contribution < 1.29 is 79.1 Å². The first-order chi connectivity index (χ1) is 15.6. The molecule has 34 heavy (non-hydrogen) atoms. The Hall–Kier alpha value is -3.34. The van der Waals surface area contributed by atoms with Crippen molar-refractivity contribution in [2.45, 2.75) is 56.3 Å². The second-order valence-electron chi connectivity index (χ2n) is 6.82. The minimum Gasteiger partial charge on any atom is -0.481 e. The summed E-state index contributed by atoms with van der Waals surface area (Å²) in [5, 5.41) is 69.8. The van der Waals surface area contributed by atoms with Gasteiger partial charge in [0.05, 0.1) is 38.9 Å². The van der Waals surface area contributed by atoms with E-state index in [1.807, 2.05) is 0 Å². The van der Waals surface area contributed by atoms with Crippen LogP contribution in [-0.2, 0) is 38.2 Å². The third kappa shape index (κ3) is 13.3. The van der Waals surface area contributed by atoms with Gasteiger partial charge in [-0.05, 0) is 6.42 Å². The SMILES string of the molecule is CCC(COC(=O)CC(O)(CC(=O)O)C(=O)O)OC(=O)CC(O)(CC(=O)O)C(=O)O.OCCO. The predicted molar refractivity (Wildman–Crippen MR) is 104 cm³/mol. The Morgan fingerprint density at radius 1 is 0.706 bits per heavy atom. The summed E-state index contributed by atoms with van der Waals surface area (Å²) in [6, 6.07) is 0. The monoisotopic (exact) mass is 500 g/mol. The second-order valence-corrected chi connectivity index (χ2v) is 6.82. The fraction of sp³-hybridized carbons (Fsp3) is 0.667. The molecular formula is C18H28O16. The van der Waals surface area contributed by atoms with Crippen LogP contribution in [0.25, 0.3) is 0 Å². The molecule has 196 valence electrons. The lowest BCUT2D eigenvalue weighted by Crippen LogP contribution is -2.44. The zero-order valence-corrected chi connectivity index (χ0v) is 18.1. The van der Waals surface area contributed by atoms with E-state index in [0.29, 0.717) is 0 Å². The molecule has 0 heterocycles. The molecule has 0 aromatic carbocycles. The van der Waals surface area contributed by atoms with E-state index in [-0.39, 0.29) is 19.6 Å². The van der Waals surface area contributed by atoms with E-state index in [1.165, 1.54) is 6.92 Å². The van der Waals surface area contributed by atoms with Gasteiger partial charge in [0.25, 0.3) is 0 Å². The number of rotatable bonds is 15. The highest BCUT2D eigenvalue weighted by molar-refractivity contribution is 5.89. The number of hydrogen-bond donors (Lipinski definition) is 8. The predicted octanol–water partition coefficient (Wildman–Crippen LogP) is -2.82. The minimum atomic E-state index is -2.92. The molecule has 0 aliphatic rings. The summed E-state index contributed by atoms with van der Waals surface area (Å²) >= 11 is 0. The summed E-state index contributed by atoms with van der Waals surface area (Å²) in [6.07, 6.45) is -6.14. The van der Waals surface area contributed by atoms with Crippen LogP contribution in [0.4, 0.5) is 0 Å². The molecule has 16 heteroatoms. The molecule has 0 spiro atoms. The molecule has 3 unspecified atom stereocenters. The van der Waals surface area contributed by atoms with Crippen molar-refractivity contribution in [3.8, 4) is 0 Å². The van der Waals surface area contributed by atoms with E-state index < -0.39 is 85.4 Å². The maximum Gasteiger partial charge on any atom is 0.336 e. The number of hydrogen-bond acceptors (Lipinski definition) is 12. The molecule has 16 nitrogen and oxygen atoms in total. The number of aliphatic hydroxyl groups is 4. The summed E-state index contributed by atoms with van der Waals surface area (Å²) in [7, 11) is 0. The van der Waals surface area contributed by atoms with Crippen LogP contribution < -0.4 is 0 Å². The second kappa shape index (κ2) is 15.5. The molecule has 0 rings (SSSR count). The van der Waals surface area contributed by atoms with E-state index in [0.717, 1.165) is 0 Å². The highest BCUT2D eigenvalue weighted by Gasteiger charge is 2.43. The zero-order chi connectivity index (χ0) is 27.1. The summed E-state index contributed by atoms with van der Waals surface area (Å²) in [5.74, 6) is -9.92. The Balaban J connectivity index is 0. The average molecular weight is 500 g/mol. The number of ether oxygens (including phenoxy) is 2. The number of aliphatic carboxylic acids is 4. The zero-order valence-electron chi connectivity index (χ0n) is 18.1. The summed E-state index contributed by atoms with van der Waals surface area (Å²) in [6.45, 7) is 0.554.